The van der Waals surface area contributed by atoms with Crippen molar-refractivity contribution in [2.45, 2.75) is 52.5 Å². The predicted octanol–water partition coefficient (Wildman–Crippen LogP) is 3.37. The topological polar surface area (TPSA) is 55.4 Å². The van der Waals surface area contributed by atoms with Gasteiger partial charge < -0.3 is 10.1 Å². The molecule has 1 amide bonds. The van der Waals surface area contributed by atoms with Crippen LogP contribution in [0, 0.1) is 11.5 Å². The van der Waals surface area contributed by atoms with E-state index in [1.165, 1.54) is 6.92 Å². The summed E-state index contributed by atoms with van der Waals surface area (Å²) in [5, 5.41) is 2.98. The molecule has 0 heterocycles. The van der Waals surface area contributed by atoms with Crippen LogP contribution in [0.4, 0.5) is 0 Å². The van der Waals surface area contributed by atoms with Crippen molar-refractivity contribution in [2.75, 3.05) is 6.54 Å². The molecule has 0 bridgehead atoms. The maximum absolute atomic E-state index is 12.1. The highest BCUT2D eigenvalue weighted by molar-refractivity contribution is 6.49. The molecule has 2 radical (unpaired) electrons. The molecule has 24 heavy (non-hydrogen) atoms. The maximum Gasteiger partial charge on any atom is 0.308 e. The van der Waals surface area contributed by atoms with E-state index >= 15 is 0 Å². The summed E-state index contributed by atoms with van der Waals surface area (Å²) >= 11 is 0. The van der Waals surface area contributed by atoms with Crippen LogP contribution in [-0.2, 0) is 4.79 Å². The normalized spacial score (nSPS) is 10.5. The molecule has 0 aliphatic rings. The van der Waals surface area contributed by atoms with E-state index < -0.39 is 5.97 Å². The fraction of sp³-hybridized carbons (Fsp3) is 0.474. The molecule has 0 aliphatic carbocycles. The summed E-state index contributed by atoms with van der Waals surface area (Å²) < 4.78 is 5.23. The highest BCUT2D eigenvalue weighted by Gasteiger charge is 2.12. The minimum atomic E-state index is -0.431. The van der Waals surface area contributed by atoms with Crippen LogP contribution in [0.5, 0.6) is 5.75 Å². The summed E-state index contributed by atoms with van der Waals surface area (Å²) in [6, 6.07) is 5.01. The molecule has 0 unspecified atom stereocenters. The van der Waals surface area contributed by atoms with Gasteiger partial charge in [0.05, 0.1) is 5.56 Å². The number of ether oxygens (including phenoxy) is 1. The van der Waals surface area contributed by atoms with Crippen LogP contribution < -0.4 is 10.1 Å². The molecule has 0 saturated heterocycles. The number of amides is 1. The lowest BCUT2D eigenvalue weighted by Crippen LogP contribution is -2.24. The fourth-order valence-corrected chi connectivity index (χ4v) is 2.35. The van der Waals surface area contributed by atoms with E-state index in [2.05, 4.69) is 44.5 Å². The first-order chi connectivity index (χ1) is 11.2. The van der Waals surface area contributed by atoms with Crippen LogP contribution in [0.1, 0.15) is 63.4 Å². The van der Waals surface area contributed by atoms with Crippen molar-refractivity contribution in [1.29, 1.82) is 0 Å². The summed E-state index contributed by atoms with van der Waals surface area (Å²) in [7, 11) is 0.471. The standard InChI is InChI=1S/C19H25NO3Si/c1-6-7-11-20-18(22)16-9-8-15(10-12-24-19(3,4)5)17(13-16)23-14(2)21/h8-9,13H,6-7,11H2,1-5H3,(H,20,22). The Hall–Kier alpha value is -2.06. The second kappa shape index (κ2) is 9.29. The van der Waals surface area contributed by atoms with Gasteiger partial charge in [-0.1, -0.05) is 40.0 Å². The second-order valence-corrected chi connectivity index (χ2v) is 8.54. The zero-order chi connectivity index (χ0) is 18.2. The molecule has 128 valence electrons. The summed E-state index contributed by atoms with van der Waals surface area (Å²) in [6.07, 6.45) is 1.95. The lowest BCUT2D eigenvalue weighted by Gasteiger charge is -2.11. The monoisotopic (exact) mass is 343 g/mol. The number of rotatable bonds is 5. The van der Waals surface area contributed by atoms with Gasteiger partial charge in [0.25, 0.3) is 5.91 Å². The van der Waals surface area contributed by atoms with Gasteiger partial charge in [0.1, 0.15) is 5.75 Å². The molecular formula is C19H25NO3Si. The number of carbonyl (C=O) groups excluding carboxylic acids is 2. The van der Waals surface area contributed by atoms with Gasteiger partial charge in [-0.2, -0.15) is 0 Å². The summed E-state index contributed by atoms with van der Waals surface area (Å²) in [5.41, 5.74) is 4.21. The van der Waals surface area contributed by atoms with E-state index in [9.17, 15) is 9.59 Å². The smallest absolute Gasteiger partial charge is 0.308 e. The van der Waals surface area contributed by atoms with Crippen molar-refractivity contribution in [3.63, 3.8) is 0 Å². The number of benzene rings is 1. The van der Waals surface area contributed by atoms with Gasteiger partial charge in [-0.05, 0) is 29.7 Å². The third kappa shape index (κ3) is 7.47. The molecule has 1 aromatic carbocycles. The molecule has 1 rings (SSSR count). The Labute approximate surface area is 147 Å². The summed E-state index contributed by atoms with van der Waals surface area (Å²) in [5.74, 6) is 2.77. The van der Waals surface area contributed by atoms with Crippen molar-refractivity contribution in [2.24, 2.45) is 0 Å². The van der Waals surface area contributed by atoms with E-state index in [0.29, 0.717) is 32.9 Å². The number of carbonyl (C=O) groups is 2. The van der Waals surface area contributed by atoms with Crippen LogP contribution in [-0.4, -0.2) is 27.9 Å². The van der Waals surface area contributed by atoms with Gasteiger partial charge in [-0.25, -0.2) is 0 Å². The molecule has 1 aromatic rings. The predicted molar refractivity (Wildman–Crippen MR) is 97.3 cm³/mol. The Morgan fingerprint density at radius 2 is 2.00 bits per heavy atom. The highest BCUT2D eigenvalue weighted by Crippen LogP contribution is 2.22. The average Bonchev–Trinajstić information content (AvgIpc) is 2.47. The Bertz CT molecular complexity index is 651. The highest BCUT2D eigenvalue weighted by atomic mass is 28.2. The van der Waals surface area contributed by atoms with Crippen molar-refractivity contribution < 1.29 is 14.3 Å². The van der Waals surface area contributed by atoms with E-state index in [-0.39, 0.29) is 10.9 Å². The quantitative estimate of drug-likeness (QED) is 0.293. The Kier molecular flexibility index (Phi) is 7.73. The molecule has 0 aliphatic heterocycles. The second-order valence-electron chi connectivity index (χ2n) is 6.54. The van der Waals surface area contributed by atoms with Gasteiger partial charge in [-0.3, -0.25) is 9.59 Å². The molecule has 0 spiro atoms. The summed E-state index contributed by atoms with van der Waals surface area (Å²) in [4.78, 5) is 23.4. The fourth-order valence-electron chi connectivity index (χ4n) is 1.77. The number of unbranched alkanes of at least 4 members (excludes halogenated alkanes) is 1. The van der Waals surface area contributed by atoms with Crippen molar-refractivity contribution in [3.05, 3.63) is 29.3 Å². The maximum atomic E-state index is 12.1. The van der Waals surface area contributed by atoms with E-state index in [0.717, 1.165) is 12.8 Å². The van der Waals surface area contributed by atoms with Crippen LogP contribution in [0.2, 0.25) is 5.04 Å². The minimum Gasteiger partial charge on any atom is -0.425 e. The van der Waals surface area contributed by atoms with Gasteiger partial charge in [0.15, 0.2) is 9.52 Å². The zero-order valence-corrected chi connectivity index (χ0v) is 16.1. The number of esters is 1. The third-order valence-electron chi connectivity index (χ3n) is 2.95. The van der Waals surface area contributed by atoms with E-state index in [4.69, 9.17) is 4.74 Å². The third-order valence-corrected chi connectivity index (χ3v) is 3.95. The van der Waals surface area contributed by atoms with Gasteiger partial charge in [0.2, 0.25) is 0 Å². The van der Waals surface area contributed by atoms with Gasteiger partial charge >= 0.3 is 5.97 Å². The molecule has 1 N–H and O–H groups in total. The first kappa shape index (κ1) is 20.0. The molecule has 0 saturated carbocycles. The van der Waals surface area contributed by atoms with E-state index in [1.807, 2.05) is 0 Å². The zero-order valence-electron chi connectivity index (χ0n) is 15.1. The summed E-state index contributed by atoms with van der Waals surface area (Å²) in [6.45, 7) is 10.4. The van der Waals surface area contributed by atoms with Crippen molar-refractivity contribution in [1.82, 2.24) is 5.32 Å². The number of nitrogens with one attached hydrogen (secondary N) is 1. The number of hydrogen-bond donors (Lipinski definition) is 1. The van der Waals surface area contributed by atoms with E-state index in [1.54, 1.807) is 18.2 Å². The van der Waals surface area contributed by atoms with Crippen molar-refractivity contribution >= 4 is 21.4 Å². The van der Waals surface area contributed by atoms with Crippen LogP contribution in [0.25, 0.3) is 0 Å². The minimum absolute atomic E-state index is 0.133. The van der Waals surface area contributed by atoms with Crippen LogP contribution in [0.15, 0.2) is 18.2 Å². The molecule has 0 fully saturated rings. The number of hydrogen-bond acceptors (Lipinski definition) is 3. The first-order valence-corrected chi connectivity index (χ1v) is 9.12. The Balaban J connectivity index is 3.00. The lowest BCUT2D eigenvalue weighted by molar-refractivity contribution is -0.131. The Morgan fingerprint density at radius 1 is 1.29 bits per heavy atom. The SMILES string of the molecule is CCCCNC(=O)c1ccc(C#C[Si]C(C)(C)C)c(OC(C)=O)c1. The molecular weight excluding hydrogens is 318 g/mol. The lowest BCUT2D eigenvalue weighted by atomic mass is 10.1. The Morgan fingerprint density at radius 3 is 2.58 bits per heavy atom. The van der Waals surface area contributed by atoms with Crippen molar-refractivity contribution in [3.8, 4) is 17.2 Å². The molecule has 0 atom stereocenters. The first-order valence-electron chi connectivity index (χ1n) is 8.12. The van der Waals surface area contributed by atoms with Crippen LogP contribution >= 0.6 is 0 Å². The van der Waals surface area contributed by atoms with Gasteiger partial charge in [0, 0.05) is 19.0 Å². The molecule has 4 nitrogen and oxygen atoms in total. The largest absolute Gasteiger partial charge is 0.425 e. The molecule has 0 aromatic heterocycles. The van der Waals surface area contributed by atoms with Gasteiger partial charge in [-0.15, -0.1) is 5.54 Å². The average molecular weight is 343 g/mol. The molecule has 5 heteroatoms. The van der Waals surface area contributed by atoms with Crippen LogP contribution in [0.3, 0.4) is 0 Å².